The second kappa shape index (κ2) is 16.0. The zero-order valence-electron chi connectivity index (χ0n) is 13.6. The van der Waals surface area contributed by atoms with E-state index in [-0.39, 0.29) is 12.5 Å². The molecule has 22 heavy (non-hydrogen) atoms. The highest BCUT2D eigenvalue weighted by Gasteiger charge is 1.99. The van der Waals surface area contributed by atoms with E-state index in [9.17, 15) is 4.79 Å². The monoisotopic (exact) mass is 310 g/mol. The van der Waals surface area contributed by atoms with Crippen LogP contribution in [0.4, 0.5) is 0 Å². The molecule has 0 saturated heterocycles. The Hall–Kier alpha value is -1.39. The first-order chi connectivity index (χ1) is 10.7. The van der Waals surface area contributed by atoms with Gasteiger partial charge in [-0.05, 0) is 32.1 Å². The summed E-state index contributed by atoms with van der Waals surface area (Å²) in [6.45, 7) is 2.07. The Balaban J connectivity index is 3.57. The van der Waals surface area contributed by atoms with E-state index in [2.05, 4.69) is 17.9 Å². The third-order valence-electron chi connectivity index (χ3n) is 3.24. The summed E-state index contributed by atoms with van der Waals surface area (Å²) in [5.41, 5.74) is 0. The van der Waals surface area contributed by atoms with Crippen LogP contribution in [0.25, 0.3) is 0 Å². The second-order valence-corrected chi connectivity index (χ2v) is 5.27. The van der Waals surface area contributed by atoms with Crippen molar-refractivity contribution in [1.82, 2.24) is 0 Å². The number of hydrogen-bond donors (Lipinski definition) is 2. The molecule has 0 amide bonds. The number of carboxylic acids is 1. The van der Waals surface area contributed by atoms with Gasteiger partial charge < -0.3 is 5.11 Å². The highest BCUT2D eigenvalue weighted by atomic mass is 17.1. The van der Waals surface area contributed by atoms with Crippen LogP contribution in [0, 0.1) is 0 Å². The molecular formula is C18H30O4. The van der Waals surface area contributed by atoms with Crippen molar-refractivity contribution in [3.8, 4) is 0 Å². The summed E-state index contributed by atoms with van der Waals surface area (Å²) in [7, 11) is 0. The average Bonchev–Trinajstić information content (AvgIpc) is 2.50. The molecule has 0 unspecified atom stereocenters. The fraction of sp³-hybridized carbons (Fsp3) is 0.611. The van der Waals surface area contributed by atoms with Crippen molar-refractivity contribution < 1.29 is 20.0 Å². The molecule has 0 bridgehead atoms. The van der Waals surface area contributed by atoms with Crippen LogP contribution in [0.2, 0.25) is 0 Å². The predicted octanol–water partition coefficient (Wildman–Crippen LogP) is 5.13. The van der Waals surface area contributed by atoms with E-state index < -0.39 is 5.97 Å². The highest BCUT2D eigenvalue weighted by Crippen LogP contribution is 2.08. The summed E-state index contributed by atoms with van der Waals surface area (Å²) in [6, 6.07) is 0. The summed E-state index contributed by atoms with van der Waals surface area (Å²) in [4.78, 5) is 14.7. The smallest absolute Gasteiger partial charge is 0.303 e. The molecule has 4 heteroatoms. The van der Waals surface area contributed by atoms with Crippen LogP contribution in [-0.2, 0) is 9.68 Å². The maximum atomic E-state index is 10.3. The third-order valence-corrected chi connectivity index (χ3v) is 3.24. The number of aliphatic carboxylic acids is 1. The molecule has 0 heterocycles. The fourth-order valence-corrected chi connectivity index (χ4v) is 1.99. The lowest BCUT2D eigenvalue weighted by atomic mass is 10.1. The molecule has 0 aliphatic rings. The Bertz CT molecular complexity index is 345. The first kappa shape index (κ1) is 20.6. The Morgan fingerprint density at radius 1 is 1.05 bits per heavy atom. The summed E-state index contributed by atoms with van der Waals surface area (Å²) in [5.74, 6) is -0.704. The Morgan fingerprint density at radius 3 is 2.45 bits per heavy atom. The summed E-state index contributed by atoms with van der Waals surface area (Å²) < 4.78 is 0. The van der Waals surface area contributed by atoms with E-state index in [1.807, 2.05) is 30.4 Å². The van der Waals surface area contributed by atoms with E-state index in [4.69, 9.17) is 10.4 Å². The lowest BCUT2D eigenvalue weighted by Crippen LogP contribution is -2.04. The van der Waals surface area contributed by atoms with Crippen molar-refractivity contribution in [2.24, 2.45) is 0 Å². The van der Waals surface area contributed by atoms with Gasteiger partial charge in [-0.2, -0.15) is 0 Å². The Morgan fingerprint density at radius 2 is 1.77 bits per heavy atom. The molecule has 0 radical (unpaired) electrons. The van der Waals surface area contributed by atoms with E-state index in [1.165, 1.54) is 0 Å². The topological polar surface area (TPSA) is 66.8 Å². The van der Waals surface area contributed by atoms with Crippen LogP contribution >= 0.6 is 0 Å². The third kappa shape index (κ3) is 15.0. The SMILES string of the molecule is CC/C=C\C[C@@H](/C=C/C=C\CCCCCCCC(=O)O)OO. The molecule has 0 aliphatic heterocycles. The van der Waals surface area contributed by atoms with Crippen LogP contribution in [-0.4, -0.2) is 22.4 Å². The summed E-state index contributed by atoms with van der Waals surface area (Å²) >= 11 is 0. The largest absolute Gasteiger partial charge is 0.481 e. The molecule has 0 aromatic rings. The molecule has 4 nitrogen and oxygen atoms in total. The van der Waals surface area contributed by atoms with E-state index >= 15 is 0 Å². The van der Waals surface area contributed by atoms with E-state index in [1.54, 1.807) is 0 Å². The summed E-state index contributed by atoms with van der Waals surface area (Å²) in [6.07, 6.45) is 19.7. The molecule has 1 atom stereocenters. The molecule has 2 N–H and O–H groups in total. The quantitative estimate of drug-likeness (QED) is 0.153. The second-order valence-electron chi connectivity index (χ2n) is 5.27. The molecule has 0 fully saturated rings. The van der Waals surface area contributed by atoms with Gasteiger partial charge in [0.1, 0.15) is 6.10 Å². The Kier molecular flexibility index (Phi) is 15.0. The van der Waals surface area contributed by atoms with Gasteiger partial charge in [0, 0.05) is 6.42 Å². The molecule has 126 valence electrons. The summed E-state index contributed by atoms with van der Waals surface area (Å²) in [5, 5.41) is 17.3. The minimum absolute atomic E-state index is 0.284. The normalized spacial score (nSPS) is 13.5. The van der Waals surface area contributed by atoms with Crippen molar-refractivity contribution in [2.45, 2.75) is 70.8 Å². The molecule has 0 aromatic carbocycles. The number of carbonyl (C=O) groups is 1. The van der Waals surface area contributed by atoms with Gasteiger partial charge in [-0.25, -0.2) is 4.89 Å². The number of carboxylic acid groups (broad SMARTS) is 1. The van der Waals surface area contributed by atoms with Crippen LogP contribution in [0.15, 0.2) is 36.5 Å². The molecule has 0 aliphatic carbocycles. The van der Waals surface area contributed by atoms with Crippen LogP contribution < -0.4 is 0 Å². The van der Waals surface area contributed by atoms with E-state index in [0.717, 1.165) is 44.9 Å². The molecule has 0 rings (SSSR count). The van der Waals surface area contributed by atoms with Gasteiger partial charge in [-0.15, -0.1) is 0 Å². The van der Waals surface area contributed by atoms with Crippen LogP contribution in [0.5, 0.6) is 0 Å². The highest BCUT2D eigenvalue weighted by molar-refractivity contribution is 5.66. The first-order valence-electron chi connectivity index (χ1n) is 8.21. The number of allylic oxidation sites excluding steroid dienone is 4. The number of hydrogen-bond acceptors (Lipinski definition) is 3. The lowest BCUT2D eigenvalue weighted by Gasteiger charge is -2.03. The van der Waals surface area contributed by atoms with Gasteiger partial charge in [0.05, 0.1) is 0 Å². The molecule has 0 spiro atoms. The minimum atomic E-state index is -0.704. The average molecular weight is 310 g/mol. The lowest BCUT2D eigenvalue weighted by molar-refractivity contribution is -0.264. The van der Waals surface area contributed by atoms with Crippen LogP contribution in [0.3, 0.4) is 0 Å². The number of unbranched alkanes of at least 4 members (excludes halogenated alkanes) is 5. The molecule has 0 aromatic heterocycles. The minimum Gasteiger partial charge on any atom is -0.481 e. The first-order valence-corrected chi connectivity index (χ1v) is 8.21. The van der Waals surface area contributed by atoms with Gasteiger partial charge >= 0.3 is 5.97 Å². The van der Waals surface area contributed by atoms with Gasteiger partial charge in [0.25, 0.3) is 0 Å². The number of rotatable bonds is 14. The van der Waals surface area contributed by atoms with Gasteiger partial charge in [-0.1, -0.05) is 62.6 Å². The maximum absolute atomic E-state index is 10.3. The van der Waals surface area contributed by atoms with Crippen molar-refractivity contribution in [2.75, 3.05) is 0 Å². The van der Waals surface area contributed by atoms with Crippen LogP contribution in [0.1, 0.15) is 64.7 Å². The van der Waals surface area contributed by atoms with Crippen molar-refractivity contribution in [1.29, 1.82) is 0 Å². The maximum Gasteiger partial charge on any atom is 0.303 e. The van der Waals surface area contributed by atoms with E-state index in [0.29, 0.717) is 6.42 Å². The zero-order valence-corrected chi connectivity index (χ0v) is 13.6. The van der Waals surface area contributed by atoms with Crippen molar-refractivity contribution in [3.63, 3.8) is 0 Å². The fourth-order valence-electron chi connectivity index (χ4n) is 1.99. The zero-order chi connectivity index (χ0) is 16.5. The van der Waals surface area contributed by atoms with Crippen molar-refractivity contribution >= 4 is 5.97 Å². The van der Waals surface area contributed by atoms with Crippen molar-refractivity contribution in [3.05, 3.63) is 36.5 Å². The molecular weight excluding hydrogens is 280 g/mol. The predicted molar refractivity (Wildman–Crippen MR) is 89.8 cm³/mol. The molecule has 0 saturated carbocycles. The van der Waals surface area contributed by atoms with Gasteiger partial charge in [0.2, 0.25) is 0 Å². The Labute approximate surface area is 134 Å². The standard InChI is InChI=1S/C18H30O4/c1-2-3-11-14-17(22-21)15-12-9-7-5-4-6-8-10-13-16-18(19)20/h3,7,9,11-12,15,17,21H,2,4-6,8,10,13-14,16H2,1H3,(H,19,20)/b9-7-,11-3-,15-12+/t17-/m0/s1. The van der Waals surface area contributed by atoms with Gasteiger partial charge in [-0.3, -0.25) is 10.1 Å². The van der Waals surface area contributed by atoms with Gasteiger partial charge in [0.15, 0.2) is 0 Å².